The van der Waals surface area contributed by atoms with Crippen LogP contribution in [0.25, 0.3) is 0 Å². The van der Waals surface area contributed by atoms with Crippen LogP contribution >= 0.6 is 0 Å². The van der Waals surface area contributed by atoms with Gasteiger partial charge < -0.3 is 5.73 Å². The lowest BCUT2D eigenvalue weighted by Crippen LogP contribution is -2.30. The minimum absolute atomic E-state index is 0.210. The Balaban J connectivity index is 2.11. The fourth-order valence-corrected chi connectivity index (χ4v) is 1.75. The van der Waals surface area contributed by atoms with Crippen LogP contribution in [0, 0.1) is 0 Å². The van der Waals surface area contributed by atoms with E-state index in [1.807, 2.05) is 24.3 Å². The number of amides is 2. The van der Waals surface area contributed by atoms with E-state index in [1.165, 1.54) is 11.0 Å². The average molecular weight is 230 g/mol. The van der Waals surface area contributed by atoms with Crippen LogP contribution in [0.15, 0.2) is 35.9 Å². The zero-order chi connectivity index (χ0) is 12.4. The molecular weight excluding hydrogens is 216 g/mol. The summed E-state index contributed by atoms with van der Waals surface area (Å²) >= 11 is 0. The van der Waals surface area contributed by atoms with E-state index < -0.39 is 0 Å². The minimum atomic E-state index is -0.240. The molecule has 4 nitrogen and oxygen atoms in total. The monoisotopic (exact) mass is 230 g/mol. The molecule has 0 unspecified atom stereocenters. The lowest BCUT2D eigenvalue weighted by molar-refractivity contribution is -0.137. The van der Waals surface area contributed by atoms with Gasteiger partial charge in [-0.2, -0.15) is 0 Å². The number of hydrogen-bond acceptors (Lipinski definition) is 3. The number of carbonyl (C=O) groups is 2. The van der Waals surface area contributed by atoms with Gasteiger partial charge in [0.2, 0.25) is 0 Å². The van der Waals surface area contributed by atoms with Crippen LogP contribution in [-0.2, 0) is 22.7 Å². The van der Waals surface area contributed by atoms with Gasteiger partial charge in [-0.25, -0.2) is 0 Å². The van der Waals surface area contributed by atoms with Gasteiger partial charge in [0, 0.05) is 18.2 Å². The van der Waals surface area contributed by atoms with E-state index in [2.05, 4.69) is 0 Å². The van der Waals surface area contributed by atoms with Crippen LogP contribution in [0.1, 0.15) is 18.1 Å². The van der Waals surface area contributed by atoms with Crippen LogP contribution in [0.2, 0.25) is 0 Å². The molecule has 1 aromatic rings. The first-order valence-corrected chi connectivity index (χ1v) is 5.44. The predicted molar refractivity (Wildman–Crippen MR) is 63.6 cm³/mol. The summed E-state index contributed by atoms with van der Waals surface area (Å²) in [6.45, 7) is 2.45. The summed E-state index contributed by atoms with van der Waals surface area (Å²) in [5, 5.41) is 0. The van der Waals surface area contributed by atoms with E-state index in [4.69, 9.17) is 5.73 Å². The normalized spacial score (nSPS) is 15.4. The first-order chi connectivity index (χ1) is 8.11. The van der Waals surface area contributed by atoms with Crippen LogP contribution in [0.4, 0.5) is 0 Å². The Bertz CT molecular complexity index is 489. The summed E-state index contributed by atoms with van der Waals surface area (Å²) in [6.07, 6.45) is 1.37. The van der Waals surface area contributed by atoms with Gasteiger partial charge in [-0.05, 0) is 18.1 Å². The Morgan fingerprint density at radius 2 is 1.71 bits per heavy atom. The Morgan fingerprint density at radius 3 is 2.18 bits per heavy atom. The van der Waals surface area contributed by atoms with Crippen LogP contribution in [0.3, 0.4) is 0 Å². The molecule has 4 heteroatoms. The molecule has 0 bridgehead atoms. The predicted octanol–water partition coefficient (Wildman–Crippen LogP) is 0.960. The lowest BCUT2D eigenvalue weighted by atomic mass is 10.1. The van der Waals surface area contributed by atoms with Gasteiger partial charge in [0.05, 0.1) is 6.54 Å². The van der Waals surface area contributed by atoms with Crippen molar-refractivity contribution in [3.8, 4) is 0 Å². The molecule has 0 atom stereocenters. The van der Waals surface area contributed by atoms with Crippen molar-refractivity contribution >= 4 is 11.8 Å². The third kappa shape index (κ3) is 2.26. The smallest absolute Gasteiger partial charge is 0.256 e. The Hall–Kier alpha value is -1.94. The zero-order valence-electron chi connectivity index (χ0n) is 9.64. The Kier molecular flexibility index (Phi) is 3.06. The second-order valence-corrected chi connectivity index (χ2v) is 4.08. The summed E-state index contributed by atoms with van der Waals surface area (Å²) in [6, 6.07) is 7.58. The third-order valence-electron chi connectivity index (χ3n) is 2.79. The molecule has 1 heterocycles. The quantitative estimate of drug-likeness (QED) is 0.787. The van der Waals surface area contributed by atoms with Gasteiger partial charge in [-0.1, -0.05) is 24.3 Å². The van der Waals surface area contributed by atoms with Gasteiger partial charge in [-0.3, -0.25) is 14.5 Å². The molecule has 17 heavy (non-hydrogen) atoms. The van der Waals surface area contributed by atoms with E-state index in [0.717, 1.165) is 11.1 Å². The van der Waals surface area contributed by atoms with Gasteiger partial charge in [0.1, 0.15) is 0 Å². The number of nitrogens with zero attached hydrogens (tertiary/aromatic N) is 1. The average Bonchev–Trinajstić information content (AvgIpc) is 2.57. The fourth-order valence-electron chi connectivity index (χ4n) is 1.75. The summed E-state index contributed by atoms with van der Waals surface area (Å²) in [4.78, 5) is 24.4. The highest BCUT2D eigenvalue weighted by Crippen LogP contribution is 2.16. The lowest BCUT2D eigenvalue weighted by Gasteiger charge is -2.14. The number of rotatable bonds is 3. The van der Waals surface area contributed by atoms with Crippen LogP contribution in [0.5, 0.6) is 0 Å². The SMILES string of the molecule is CC1=CC(=O)N(Cc2ccc(CN)cc2)C1=O. The molecule has 88 valence electrons. The fraction of sp³-hybridized carbons (Fsp3) is 0.231. The molecule has 0 saturated carbocycles. The highest BCUT2D eigenvalue weighted by molar-refractivity contribution is 6.15. The maximum absolute atomic E-state index is 11.7. The first kappa shape index (κ1) is 11.5. The summed E-state index contributed by atoms with van der Waals surface area (Å²) in [7, 11) is 0. The van der Waals surface area contributed by atoms with Crippen molar-refractivity contribution in [2.45, 2.75) is 20.0 Å². The molecule has 2 N–H and O–H groups in total. The van der Waals surface area contributed by atoms with E-state index in [0.29, 0.717) is 18.7 Å². The standard InChI is InChI=1S/C13H14N2O2/c1-9-6-12(16)15(13(9)17)8-11-4-2-10(7-14)3-5-11/h2-6H,7-8,14H2,1H3. The summed E-state index contributed by atoms with van der Waals surface area (Å²) in [5.41, 5.74) is 7.95. The molecule has 2 rings (SSSR count). The number of hydrogen-bond donors (Lipinski definition) is 1. The number of carbonyl (C=O) groups excluding carboxylic acids is 2. The van der Waals surface area contributed by atoms with Crippen molar-refractivity contribution in [1.82, 2.24) is 4.90 Å². The molecule has 0 radical (unpaired) electrons. The highest BCUT2D eigenvalue weighted by atomic mass is 16.2. The molecule has 0 aromatic heterocycles. The molecule has 1 aliphatic heterocycles. The topological polar surface area (TPSA) is 63.4 Å². The Morgan fingerprint density at radius 1 is 1.12 bits per heavy atom. The first-order valence-electron chi connectivity index (χ1n) is 5.44. The van der Waals surface area contributed by atoms with Crippen molar-refractivity contribution in [1.29, 1.82) is 0 Å². The van der Waals surface area contributed by atoms with Gasteiger partial charge >= 0.3 is 0 Å². The molecule has 0 spiro atoms. The Labute approximate surface area is 99.7 Å². The van der Waals surface area contributed by atoms with Crippen molar-refractivity contribution in [3.05, 3.63) is 47.0 Å². The van der Waals surface area contributed by atoms with E-state index in [1.54, 1.807) is 6.92 Å². The maximum Gasteiger partial charge on any atom is 0.256 e. The minimum Gasteiger partial charge on any atom is -0.326 e. The van der Waals surface area contributed by atoms with Crippen molar-refractivity contribution in [2.75, 3.05) is 0 Å². The van der Waals surface area contributed by atoms with Crippen molar-refractivity contribution in [2.24, 2.45) is 5.73 Å². The molecule has 1 aromatic carbocycles. The molecule has 2 amide bonds. The van der Waals surface area contributed by atoms with Crippen molar-refractivity contribution < 1.29 is 9.59 Å². The van der Waals surface area contributed by atoms with E-state index >= 15 is 0 Å². The maximum atomic E-state index is 11.7. The second-order valence-electron chi connectivity index (χ2n) is 4.08. The summed E-state index contributed by atoms with van der Waals surface area (Å²) in [5.74, 6) is -0.451. The molecule has 0 fully saturated rings. The zero-order valence-corrected chi connectivity index (χ0v) is 9.64. The second kappa shape index (κ2) is 4.51. The van der Waals surface area contributed by atoms with Gasteiger partial charge in [0.15, 0.2) is 0 Å². The number of imide groups is 1. The van der Waals surface area contributed by atoms with Gasteiger partial charge in [0.25, 0.3) is 11.8 Å². The summed E-state index contributed by atoms with van der Waals surface area (Å²) < 4.78 is 0. The van der Waals surface area contributed by atoms with Crippen molar-refractivity contribution in [3.63, 3.8) is 0 Å². The van der Waals surface area contributed by atoms with Crippen LogP contribution < -0.4 is 5.73 Å². The molecule has 0 aliphatic carbocycles. The van der Waals surface area contributed by atoms with Crippen LogP contribution in [-0.4, -0.2) is 16.7 Å². The molecule has 0 saturated heterocycles. The molecule has 1 aliphatic rings. The number of benzene rings is 1. The third-order valence-corrected chi connectivity index (χ3v) is 2.79. The van der Waals surface area contributed by atoms with Gasteiger partial charge in [-0.15, -0.1) is 0 Å². The molecular formula is C13H14N2O2. The van der Waals surface area contributed by atoms with E-state index in [9.17, 15) is 9.59 Å². The van der Waals surface area contributed by atoms with E-state index in [-0.39, 0.29) is 11.8 Å². The number of nitrogens with two attached hydrogens (primary N) is 1. The largest absolute Gasteiger partial charge is 0.326 e. The highest BCUT2D eigenvalue weighted by Gasteiger charge is 2.27.